The predicted octanol–water partition coefficient (Wildman–Crippen LogP) is 15.8. The zero-order valence-electron chi connectivity index (χ0n) is 39.7. The molecule has 0 aliphatic heterocycles. The van der Waals surface area contributed by atoms with Crippen LogP contribution in [0.25, 0.3) is 0 Å². The Kier molecular flexibility index (Phi) is 50.8. The Morgan fingerprint density at radius 3 is 0.643 bits per heavy atom. The summed E-state index contributed by atoms with van der Waals surface area (Å²) >= 11 is 0. The summed E-state index contributed by atoms with van der Waals surface area (Å²) in [6.45, 7) is 15.8. The van der Waals surface area contributed by atoms with Gasteiger partial charge in [-0.1, -0.05) is 259 Å². The Balaban J connectivity index is 4.12. The normalized spacial score (nSPS) is 12.4. The molecule has 0 spiro atoms. The largest absolute Gasteiger partial charge is 0.314 e. The van der Waals surface area contributed by atoms with Crippen LogP contribution < -0.4 is 21.3 Å². The van der Waals surface area contributed by atoms with Gasteiger partial charge in [0, 0.05) is 51.4 Å². The van der Waals surface area contributed by atoms with Crippen LogP contribution >= 0.6 is 0 Å². The summed E-state index contributed by atoms with van der Waals surface area (Å²) in [4.78, 5) is 0. The first-order chi connectivity index (χ1) is 27.8. The van der Waals surface area contributed by atoms with E-state index in [1.54, 1.807) is 0 Å². The lowest BCUT2D eigenvalue weighted by Crippen LogP contribution is -2.39. The molecule has 0 radical (unpaired) electrons. The first-order valence-electron chi connectivity index (χ1n) is 26.7. The van der Waals surface area contributed by atoms with Gasteiger partial charge in [0.05, 0.1) is 0 Å². The third kappa shape index (κ3) is 46.5. The van der Waals surface area contributed by atoms with Gasteiger partial charge in [-0.05, 0) is 25.7 Å². The summed E-state index contributed by atoms with van der Waals surface area (Å²) in [5.41, 5.74) is 0. The minimum atomic E-state index is 0.716. The van der Waals surface area contributed by atoms with E-state index < -0.39 is 0 Å². The lowest BCUT2D eigenvalue weighted by atomic mass is 9.99. The van der Waals surface area contributed by atoms with E-state index in [0.29, 0.717) is 12.1 Å². The fraction of sp³-hybridized carbons (Fsp3) is 1.00. The second kappa shape index (κ2) is 51.0. The molecule has 0 heterocycles. The van der Waals surface area contributed by atoms with Gasteiger partial charge in [-0.25, -0.2) is 0 Å². The molecule has 56 heavy (non-hydrogen) atoms. The van der Waals surface area contributed by atoms with Crippen LogP contribution in [0.5, 0.6) is 0 Å². The van der Waals surface area contributed by atoms with E-state index >= 15 is 0 Å². The summed E-state index contributed by atoms with van der Waals surface area (Å²) in [7, 11) is 0. The highest BCUT2D eigenvalue weighted by Crippen LogP contribution is 2.17. The van der Waals surface area contributed by atoms with Crippen LogP contribution in [0.2, 0.25) is 0 Å². The van der Waals surface area contributed by atoms with Crippen LogP contribution in [-0.4, -0.2) is 51.4 Å². The number of nitrogens with one attached hydrogen (secondary N) is 4. The topological polar surface area (TPSA) is 48.1 Å². The minimum Gasteiger partial charge on any atom is -0.314 e. The number of hydrogen-bond acceptors (Lipinski definition) is 4. The van der Waals surface area contributed by atoms with E-state index in [-0.39, 0.29) is 0 Å². The van der Waals surface area contributed by atoms with Gasteiger partial charge in [0.25, 0.3) is 0 Å². The van der Waals surface area contributed by atoms with Gasteiger partial charge < -0.3 is 21.3 Å². The molecule has 0 saturated carbocycles. The van der Waals surface area contributed by atoms with E-state index in [9.17, 15) is 0 Å². The molecule has 0 bridgehead atoms. The molecule has 4 N–H and O–H groups in total. The van der Waals surface area contributed by atoms with Gasteiger partial charge in [-0.2, -0.15) is 0 Å². The smallest absolute Gasteiger partial charge is 0.00793 e. The van der Waals surface area contributed by atoms with Crippen LogP contribution in [0.15, 0.2) is 0 Å². The molecule has 4 heteroatoms. The van der Waals surface area contributed by atoms with E-state index in [4.69, 9.17) is 0 Å². The molecule has 0 aromatic carbocycles. The van der Waals surface area contributed by atoms with Gasteiger partial charge in [-0.3, -0.25) is 0 Å². The second-order valence-electron chi connectivity index (χ2n) is 18.3. The summed E-state index contributed by atoms with van der Waals surface area (Å²) in [5.74, 6) is 0. The molecular weight excluding hydrogens is 681 g/mol. The molecule has 0 rings (SSSR count). The molecule has 0 aromatic heterocycles. The maximum atomic E-state index is 3.98. The van der Waals surface area contributed by atoms with Crippen LogP contribution in [0, 0.1) is 0 Å². The summed E-state index contributed by atoms with van der Waals surface area (Å²) in [5, 5.41) is 15.3. The van der Waals surface area contributed by atoms with Crippen molar-refractivity contribution in [1.29, 1.82) is 0 Å². The quantitative estimate of drug-likeness (QED) is 0.0464. The monoisotopic (exact) mass is 791 g/mol. The zero-order valence-corrected chi connectivity index (χ0v) is 39.7. The fourth-order valence-electron chi connectivity index (χ4n) is 8.66. The summed E-state index contributed by atoms with van der Waals surface area (Å²) < 4.78 is 0. The number of unbranched alkanes of at least 4 members (excludes halogenated alkanes) is 32. The predicted molar refractivity (Wildman–Crippen MR) is 257 cm³/mol. The van der Waals surface area contributed by atoms with Crippen molar-refractivity contribution in [1.82, 2.24) is 21.3 Å². The highest BCUT2D eigenvalue weighted by molar-refractivity contribution is 4.70. The van der Waals surface area contributed by atoms with Crippen LogP contribution in [0.3, 0.4) is 0 Å². The average molecular weight is 791 g/mol. The molecule has 0 fully saturated rings. The Bertz CT molecular complexity index is 645. The third-order valence-electron chi connectivity index (χ3n) is 12.6. The third-order valence-corrected chi connectivity index (χ3v) is 12.6. The van der Waals surface area contributed by atoms with Crippen molar-refractivity contribution in [2.24, 2.45) is 0 Å². The van der Waals surface area contributed by atoms with E-state index in [1.165, 1.54) is 257 Å². The second-order valence-corrected chi connectivity index (χ2v) is 18.3. The first kappa shape index (κ1) is 55.8. The van der Waals surface area contributed by atoms with Crippen molar-refractivity contribution in [3.05, 3.63) is 0 Å². The Morgan fingerprint density at radius 1 is 0.214 bits per heavy atom. The SMILES string of the molecule is CCCCCCCCCCCCCC(CCCCC)NCCNCCNCCNC(CCCCCCCCCCCCC)CCCCCCCCCCCCC. The Labute approximate surface area is 356 Å². The van der Waals surface area contributed by atoms with E-state index in [0.717, 1.165) is 39.3 Å². The highest BCUT2D eigenvalue weighted by atomic mass is 15.0. The average Bonchev–Trinajstić information content (AvgIpc) is 3.21. The van der Waals surface area contributed by atoms with E-state index in [1.807, 2.05) is 0 Å². The van der Waals surface area contributed by atoms with Gasteiger partial charge >= 0.3 is 0 Å². The molecular formula is C52H110N4. The van der Waals surface area contributed by atoms with Crippen molar-refractivity contribution < 1.29 is 0 Å². The lowest BCUT2D eigenvalue weighted by molar-refractivity contribution is 0.406. The van der Waals surface area contributed by atoms with Crippen LogP contribution in [0.1, 0.15) is 285 Å². The summed E-state index contributed by atoms with van der Waals surface area (Å²) in [6, 6.07) is 1.43. The number of rotatable bonds is 51. The van der Waals surface area contributed by atoms with Crippen molar-refractivity contribution in [2.45, 2.75) is 297 Å². The molecule has 0 saturated heterocycles. The molecule has 1 atom stereocenters. The molecule has 0 aliphatic carbocycles. The van der Waals surface area contributed by atoms with Crippen LogP contribution in [-0.2, 0) is 0 Å². The number of hydrogen-bond donors (Lipinski definition) is 4. The van der Waals surface area contributed by atoms with E-state index in [2.05, 4.69) is 49.0 Å². The maximum absolute atomic E-state index is 3.98. The Morgan fingerprint density at radius 2 is 0.393 bits per heavy atom. The molecule has 0 aliphatic rings. The molecule has 4 nitrogen and oxygen atoms in total. The lowest BCUT2D eigenvalue weighted by Gasteiger charge is -2.20. The molecule has 0 aromatic rings. The van der Waals surface area contributed by atoms with Gasteiger partial charge in [0.1, 0.15) is 0 Å². The minimum absolute atomic E-state index is 0.716. The highest BCUT2D eigenvalue weighted by Gasteiger charge is 2.09. The molecule has 1 unspecified atom stereocenters. The van der Waals surface area contributed by atoms with Crippen molar-refractivity contribution in [3.63, 3.8) is 0 Å². The maximum Gasteiger partial charge on any atom is 0.00793 e. The van der Waals surface area contributed by atoms with Gasteiger partial charge in [0.2, 0.25) is 0 Å². The van der Waals surface area contributed by atoms with Crippen molar-refractivity contribution in [2.75, 3.05) is 39.3 Å². The van der Waals surface area contributed by atoms with Crippen molar-refractivity contribution >= 4 is 0 Å². The standard InChI is InChI=1S/C52H110N4/c1-5-9-13-16-19-22-25-28-31-34-38-42-51(41-37-12-8-4)55-49-47-53-45-46-54-48-50-56-52(43-39-35-32-29-26-23-20-17-14-10-6-2)44-40-36-33-30-27-24-21-18-15-11-7-3/h51-56H,5-50H2,1-4H3. The first-order valence-corrected chi connectivity index (χ1v) is 26.7. The van der Waals surface area contributed by atoms with Gasteiger partial charge in [-0.15, -0.1) is 0 Å². The molecule has 338 valence electrons. The molecule has 0 amide bonds. The van der Waals surface area contributed by atoms with Crippen LogP contribution in [0.4, 0.5) is 0 Å². The van der Waals surface area contributed by atoms with Gasteiger partial charge in [0.15, 0.2) is 0 Å². The summed E-state index contributed by atoms with van der Waals surface area (Å²) in [6.07, 6.45) is 57.1. The zero-order chi connectivity index (χ0) is 40.5. The van der Waals surface area contributed by atoms with Crippen molar-refractivity contribution in [3.8, 4) is 0 Å². The fourth-order valence-corrected chi connectivity index (χ4v) is 8.66. The Hall–Kier alpha value is -0.160.